The second-order valence-electron chi connectivity index (χ2n) is 4.55. The summed E-state index contributed by atoms with van der Waals surface area (Å²) in [5.74, 6) is 1.02. The van der Waals surface area contributed by atoms with Crippen molar-refractivity contribution in [3.8, 4) is 11.5 Å². The molecule has 0 saturated heterocycles. The molecule has 0 saturated carbocycles. The molecule has 0 heterocycles. The summed E-state index contributed by atoms with van der Waals surface area (Å²) in [6.07, 6.45) is 0. The molecule has 0 spiro atoms. The van der Waals surface area contributed by atoms with Gasteiger partial charge in [-0.25, -0.2) is 8.42 Å². The quantitative estimate of drug-likeness (QED) is 0.739. The van der Waals surface area contributed by atoms with Crippen molar-refractivity contribution in [2.75, 3.05) is 13.2 Å². The van der Waals surface area contributed by atoms with Crippen LogP contribution in [-0.4, -0.2) is 21.6 Å². The third-order valence-electron chi connectivity index (χ3n) is 3.01. The second-order valence-corrected chi connectivity index (χ2v) is 7.25. The highest BCUT2D eigenvalue weighted by molar-refractivity contribution is 7.91. The van der Waals surface area contributed by atoms with Gasteiger partial charge in [0.25, 0.3) is 0 Å². The van der Waals surface area contributed by atoms with Gasteiger partial charge in [0.2, 0.25) is 9.84 Å². The van der Waals surface area contributed by atoms with Crippen molar-refractivity contribution in [1.29, 1.82) is 0 Å². The van der Waals surface area contributed by atoms with E-state index in [1.807, 2.05) is 13.8 Å². The lowest BCUT2D eigenvalue weighted by Gasteiger charge is -2.11. The number of hydrogen-bond acceptors (Lipinski definition) is 4. The molecule has 0 aliphatic rings. The Morgan fingerprint density at radius 1 is 0.826 bits per heavy atom. The Balaban J connectivity index is 2.46. The SMILES string of the molecule is CCOc1ccc(S(=O)(=O)c2ccc(OCC)cc2Cl)c(Cl)c1. The molecule has 0 aliphatic carbocycles. The first kappa shape index (κ1) is 17.9. The monoisotopic (exact) mass is 374 g/mol. The Labute approximate surface area is 145 Å². The van der Waals surface area contributed by atoms with E-state index in [0.29, 0.717) is 24.7 Å². The van der Waals surface area contributed by atoms with Gasteiger partial charge in [-0.05, 0) is 38.1 Å². The van der Waals surface area contributed by atoms with Gasteiger partial charge in [0.15, 0.2) is 0 Å². The molecular weight excluding hydrogens is 359 g/mol. The maximum Gasteiger partial charge on any atom is 0.209 e. The zero-order valence-corrected chi connectivity index (χ0v) is 15.0. The summed E-state index contributed by atoms with van der Waals surface area (Å²) in [5.41, 5.74) is 0. The van der Waals surface area contributed by atoms with Crippen molar-refractivity contribution in [2.24, 2.45) is 0 Å². The fraction of sp³-hybridized carbons (Fsp3) is 0.250. The molecule has 2 aromatic rings. The largest absolute Gasteiger partial charge is 0.494 e. The zero-order chi connectivity index (χ0) is 17.0. The molecule has 0 aromatic heterocycles. The van der Waals surface area contributed by atoms with Crippen LogP contribution in [0.25, 0.3) is 0 Å². The van der Waals surface area contributed by atoms with E-state index in [2.05, 4.69) is 0 Å². The van der Waals surface area contributed by atoms with Crippen LogP contribution in [0.4, 0.5) is 0 Å². The average molecular weight is 375 g/mol. The van der Waals surface area contributed by atoms with E-state index in [-0.39, 0.29) is 19.8 Å². The molecule has 0 aliphatic heterocycles. The molecule has 124 valence electrons. The molecule has 0 bridgehead atoms. The molecule has 2 aromatic carbocycles. The van der Waals surface area contributed by atoms with Crippen molar-refractivity contribution in [2.45, 2.75) is 23.6 Å². The lowest BCUT2D eigenvalue weighted by molar-refractivity contribution is 0.340. The molecule has 2 rings (SSSR count). The van der Waals surface area contributed by atoms with E-state index in [4.69, 9.17) is 32.7 Å². The van der Waals surface area contributed by atoms with E-state index in [0.717, 1.165) is 0 Å². The lowest BCUT2D eigenvalue weighted by atomic mass is 10.3. The first-order valence-corrected chi connectivity index (χ1v) is 9.23. The third-order valence-corrected chi connectivity index (χ3v) is 5.73. The molecule has 4 nitrogen and oxygen atoms in total. The third kappa shape index (κ3) is 3.91. The van der Waals surface area contributed by atoms with Gasteiger partial charge in [-0.1, -0.05) is 23.2 Å². The Bertz CT molecular complexity index is 742. The molecule has 0 unspecified atom stereocenters. The van der Waals surface area contributed by atoms with Gasteiger partial charge in [0.05, 0.1) is 33.0 Å². The fourth-order valence-corrected chi connectivity index (χ4v) is 4.34. The first-order chi connectivity index (χ1) is 10.9. The Hall–Kier alpha value is -1.43. The number of benzene rings is 2. The van der Waals surface area contributed by atoms with Crippen molar-refractivity contribution >= 4 is 33.0 Å². The fourth-order valence-electron chi connectivity index (χ4n) is 2.03. The standard InChI is InChI=1S/C16H16Cl2O4S/c1-3-21-11-5-7-15(13(17)9-11)23(19,20)16-8-6-12(22-4-2)10-14(16)18/h5-10H,3-4H2,1-2H3. The van der Waals surface area contributed by atoms with Crippen LogP contribution in [0.3, 0.4) is 0 Å². The van der Waals surface area contributed by atoms with E-state index >= 15 is 0 Å². The number of ether oxygens (including phenoxy) is 2. The highest BCUT2D eigenvalue weighted by Crippen LogP contribution is 2.35. The molecule has 0 fully saturated rings. The van der Waals surface area contributed by atoms with Crippen LogP contribution in [0.1, 0.15) is 13.8 Å². The minimum Gasteiger partial charge on any atom is -0.494 e. The van der Waals surface area contributed by atoms with E-state index in [9.17, 15) is 8.42 Å². The molecule has 0 N–H and O–H groups in total. The van der Waals surface area contributed by atoms with Crippen molar-refractivity contribution < 1.29 is 17.9 Å². The minimum absolute atomic E-state index is 0.0197. The zero-order valence-electron chi connectivity index (χ0n) is 12.7. The molecular formula is C16H16Cl2O4S. The van der Waals surface area contributed by atoms with Crippen LogP contribution in [0.2, 0.25) is 10.0 Å². The number of rotatable bonds is 6. The predicted octanol–water partition coefficient (Wildman–Crippen LogP) is 4.62. The van der Waals surface area contributed by atoms with Gasteiger partial charge in [-0.2, -0.15) is 0 Å². The first-order valence-electron chi connectivity index (χ1n) is 7.00. The second kappa shape index (κ2) is 7.43. The van der Waals surface area contributed by atoms with Crippen LogP contribution in [0.5, 0.6) is 11.5 Å². The smallest absolute Gasteiger partial charge is 0.209 e. The van der Waals surface area contributed by atoms with Crippen LogP contribution >= 0.6 is 23.2 Å². The Morgan fingerprint density at radius 2 is 1.22 bits per heavy atom. The van der Waals surface area contributed by atoms with Crippen LogP contribution in [-0.2, 0) is 9.84 Å². The summed E-state index contributed by atoms with van der Waals surface area (Å²) in [4.78, 5) is -0.0395. The topological polar surface area (TPSA) is 52.6 Å². The Kier molecular flexibility index (Phi) is 5.79. The summed E-state index contributed by atoms with van der Waals surface area (Å²) in [6.45, 7) is 4.59. The Morgan fingerprint density at radius 3 is 1.52 bits per heavy atom. The molecule has 23 heavy (non-hydrogen) atoms. The van der Waals surface area contributed by atoms with Gasteiger partial charge in [-0.3, -0.25) is 0 Å². The van der Waals surface area contributed by atoms with Gasteiger partial charge in [0.1, 0.15) is 11.5 Å². The molecule has 0 amide bonds. The van der Waals surface area contributed by atoms with Crippen LogP contribution < -0.4 is 9.47 Å². The van der Waals surface area contributed by atoms with E-state index in [1.54, 1.807) is 12.1 Å². The average Bonchev–Trinajstić information content (AvgIpc) is 2.47. The summed E-state index contributed by atoms with van der Waals surface area (Å²) >= 11 is 12.2. The van der Waals surface area contributed by atoms with E-state index in [1.165, 1.54) is 24.3 Å². The van der Waals surface area contributed by atoms with Gasteiger partial charge >= 0.3 is 0 Å². The lowest BCUT2D eigenvalue weighted by Crippen LogP contribution is -2.04. The number of hydrogen-bond donors (Lipinski definition) is 0. The minimum atomic E-state index is -3.84. The van der Waals surface area contributed by atoms with E-state index < -0.39 is 9.84 Å². The molecule has 0 radical (unpaired) electrons. The highest BCUT2D eigenvalue weighted by Gasteiger charge is 2.24. The van der Waals surface area contributed by atoms with Gasteiger partial charge < -0.3 is 9.47 Å². The molecule has 0 atom stereocenters. The van der Waals surface area contributed by atoms with Crippen molar-refractivity contribution in [3.05, 3.63) is 46.4 Å². The van der Waals surface area contributed by atoms with Crippen molar-refractivity contribution in [3.63, 3.8) is 0 Å². The van der Waals surface area contributed by atoms with Crippen molar-refractivity contribution in [1.82, 2.24) is 0 Å². The summed E-state index contributed by atoms with van der Waals surface area (Å²) < 4.78 is 36.1. The van der Waals surface area contributed by atoms with Gasteiger partial charge in [0, 0.05) is 12.1 Å². The van der Waals surface area contributed by atoms with Gasteiger partial charge in [-0.15, -0.1) is 0 Å². The van der Waals surface area contributed by atoms with Crippen LogP contribution in [0.15, 0.2) is 46.2 Å². The molecule has 7 heteroatoms. The summed E-state index contributed by atoms with van der Waals surface area (Å²) in [5, 5.41) is 0.168. The summed E-state index contributed by atoms with van der Waals surface area (Å²) in [7, 11) is -3.84. The van der Waals surface area contributed by atoms with Crippen LogP contribution in [0, 0.1) is 0 Å². The number of sulfone groups is 1. The predicted molar refractivity (Wildman–Crippen MR) is 90.7 cm³/mol. The highest BCUT2D eigenvalue weighted by atomic mass is 35.5. The maximum absolute atomic E-state index is 12.8. The maximum atomic E-state index is 12.8. The number of halogens is 2. The normalized spacial score (nSPS) is 11.3. The summed E-state index contributed by atoms with van der Waals surface area (Å²) in [6, 6.07) is 8.89.